The summed E-state index contributed by atoms with van der Waals surface area (Å²) in [6, 6.07) is 5.45. The lowest BCUT2D eigenvalue weighted by molar-refractivity contribution is 0.0713. The van der Waals surface area contributed by atoms with E-state index in [2.05, 4.69) is 0 Å². The van der Waals surface area contributed by atoms with Crippen molar-refractivity contribution < 1.29 is 18.7 Å². The maximum absolute atomic E-state index is 12.9. The van der Waals surface area contributed by atoms with E-state index in [0.717, 1.165) is 0 Å². The third-order valence-electron chi connectivity index (χ3n) is 2.41. The zero-order valence-electron chi connectivity index (χ0n) is 8.74. The van der Waals surface area contributed by atoms with Crippen molar-refractivity contribution in [3.63, 3.8) is 0 Å². The van der Waals surface area contributed by atoms with Crippen LogP contribution in [0, 0.1) is 5.82 Å². The number of furan rings is 1. The molecular formula is C12H11FO3. The van der Waals surface area contributed by atoms with Gasteiger partial charge in [-0.25, -0.2) is 4.39 Å². The first kappa shape index (κ1) is 10.8. The number of ketones is 1. The standard InChI is InChI=1S/C12H11FO3/c1-2-9(14)12(15)11-6-7-5-8(13)3-4-10(7)16-11/h3-6,9,14H,2H2,1H3. The molecule has 0 radical (unpaired) electrons. The van der Waals surface area contributed by atoms with Gasteiger partial charge in [0.25, 0.3) is 0 Å². The van der Waals surface area contributed by atoms with Crippen molar-refractivity contribution in [3.8, 4) is 0 Å². The number of Topliss-reactive ketones (excluding diaryl/α,β-unsaturated/α-hetero) is 1. The average molecular weight is 222 g/mol. The van der Waals surface area contributed by atoms with Crippen LogP contribution in [0.3, 0.4) is 0 Å². The lowest BCUT2D eigenvalue weighted by Gasteiger charge is -2.02. The highest BCUT2D eigenvalue weighted by Gasteiger charge is 2.19. The molecule has 3 nitrogen and oxygen atoms in total. The number of fused-ring (bicyclic) bond motifs is 1. The van der Waals surface area contributed by atoms with E-state index in [0.29, 0.717) is 17.4 Å². The van der Waals surface area contributed by atoms with Gasteiger partial charge in [0.1, 0.15) is 17.5 Å². The molecule has 1 unspecified atom stereocenters. The van der Waals surface area contributed by atoms with Crippen LogP contribution in [0.2, 0.25) is 0 Å². The Labute approximate surface area is 91.5 Å². The predicted octanol–water partition coefficient (Wildman–Crippen LogP) is 2.53. The smallest absolute Gasteiger partial charge is 0.226 e. The van der Waals surface area contributed by atoms with E-state index >= 15 is 0 Å². The summed E-state index contributed by atoms with van der Waals surface area (Å²) in [4.78, 5) is 11.6. The van der Waals surface area contributed by atoms with Crippen LogP contribution >= 0.6 is 0 Å². The average Bonchev–Trinajstić information content (AvgIpc) is 2.69. The number of rotatable bonds is 3. The summed E-state index contributed by atoms with van der Waals surface area (Å²) >= 11 is 0. The number of carbonyl (C=O) groups is 1. The Hall–Kier alpha value is -1.68. The number of hydrogen-bond acceptors (Lipinski definition) is 3. The fourth-order valence-corrected chi connectivity index (χ4v) is 1.49. The van der Waals surface area contributed by atoms with Crippen LogP contribution in [0.1, 0.15) is 23.9 Å². The van der Waals surface area contributed by atoms with Crippen LogP contribution in [0.25, 0.3) is 11.0 Å². The Morgan fingerprint density at radius 2 is 2.25 bits per heavy atom. The second-order valence-electron chi connectivity index (χ2n) is 3.58. The Morgan fingerprint density at radius 1 is 1.50 bits per heavy atom. The van der Waals surface area contributed by atoms with E-state index in [1.165, 1.54) is 24.3 Å². The summed E-state index contributed by atoms with van der Waals surface area (Å²) in [7, 11) is 0. The van der Waals surface area contributed by atoms with E-state index < -0.39 is 11.9 Å². The van der Waals surface area contributed by atoms with Crippen LogP contribution in [0.15, 0.2) is 28.7 Å². The molecule has 16 heavy (non-hydrogen) atoms. The Kier molecular flexibility index (Phi) is 2.75. The van der Waals surface area contributed by atoms with Gasteiger partial charge < -0.3 is 9.52 Å². The van der Waals surface area contributed by atoms with Crippen LogP contribution in [0.5, 0.6) is 0 Å². The number of carbonyl (C=O) groups excluding carboxylic acids is 1. The normalized spacial score (nSPS) is 12.9. The Morgan fingerprint density at radius 3 is 2.94 bits per heavy atom. The van der Waals surface area contributed by atoms with Gasteiger partial charge in [-0.15, -0.1) is 0 Å². The lowest BCUT2D eigenvalue weighted by atomic mass is 10.1. The van der Waals surface area contributed by atoms with E-state index in [1.54, 1.807) is 6.92 Å². The molecule has 0 bridgehead atoms. The zero-order chi connectivity index (χ0) is 11.7. The molecule has 0 aliphatic heterocycles. The second kappa shape index (κ2) is 4.06. The minimum absolute atomic E-state index is 0.0648. The molecule has 2 aromatic rings. The molecule has 0 spiro atoms. The minimum atomic E-state index is -1.06. The van der Waals surface area contributed by atoms with Gasteiger partial charge in [0, 0.05) is 5.39 Å². The number of aliphatic hydroxyl groups excluding tert-OH is 1. The zero-order valence-corrected chi connectivity index (χ0v) is 8.74. The first-order valence-electron chi connectivity index (χ1n) is 5.03. The molecule has 1 aromatic carbocycles. The van der Waals surface area contributed by atoms with Crippen molar-refractivity contribution in [2.24, 2.45) is 0 Å². The molecular weight excluding hydrogens is 211 g/mol. The maximum atomic E-state index is 12.9. The topological polar surface area (TPSA) is 50.4 Å². The van der Waals surface area contributed by atoms with Gasteiger partial charge in [-0.3, -0.25) is 4.79 Å². The van der Waals surface area contributed by atoms with Crippen LogP contribution in [-0.2, 0) is 0 Å². The quantitative estimate of drug-likeness (QED) is 0.812. The van der Waals surface area contributed by atoms with E-state index in [9.17, 15) is 14.3 Å². The van der Waals surface area contributed by atoms with Crippen LogP contribution in [-0.4, -0.2) is 17.0 Å². The maximum Gasteiger partial charge on any atom is 0.226 e. The summed E-state index contributed by atoms with van der Waals surface area (Å²) in [5.74, 6) is -0.794. The van der Waals surface area contributed by atoms with E-state index in [-0.39, 0.29) is 11.6 Å². The summed E-state index contributed by atoms with van der Waals surface area (Å²) in [6.45, 7) is 1.70. The molecule has 4 heteroatoms. The van der Waals surface area contributed by atoms with Gasteiger partial charge in [0.05, 0.1) is 0 Å². The highest BCUT2D eigenvalue weighted by Crippen LogP contribution is 2.21. The molecule has 2 rings (SSSR count). The minimum Gasteiger partial charge on any atom is -0.453 e. The molecule has 1 N–H and O–H groups in total. The summed E-state index contributed by atoms with van der Waals surface area (Å²) in [5.41, 5.74) is 0.438. The predicted molar refractivity (Wildman–Crippen MR) is 56.8 cm³/mol. The van der Waals surface area contributed by atoms with Crippen molar-refractivity contribution in [2.75, 3.05) is 0 Å². The summed E-state index contributed by atoms with van der Waals surface area (Å²) in [5, 5.41) is 9.90. The third-order valence-corrected chi connectivity index (χ3v) is 2.41. The van der Waals surface area contributed by atoms with Gasteiger partial charge >= 0.3 is 0 Å². The van der Waals surface area contributed by atoms with Gasteiger partial charge in [0.15, 0.2) is 5.76 Å². The molecule has 0 aliphatic rings. The van der Waals surface area contributed by atoms with Crippen molar-refractivity contribution in [1.82, 2.24) is 0 Å². The highest BCUT2D eigenvalue weighted by atomic mass is 19.1. The molecule has 0 fully saturated rings. The fourth-order valence-electron chi connectivity index (χ4n) is 1.49. The van der Waals surface area contributed by atoms with Gasteiger partial charge in [0.2, 0.25) is 5.78 Å². The van der Waals surface area contributed by atoms with Gasteiger partial charge in [-0.05, 0) is 30.7 Å². The largest absolute Gasteiger partial charge is 0.453 e. The van der Waals surface area contributed by atoms with Crippen molar-refractivity contribution >= 4 is 16.8 Å². The van der Waals surface area contributed by atoms with Crippen molar-refractivity contribution in [3.05, 3.63) is 35.8 Å². The van der Waals surface area contributed by atoms with E-state index in [4.69, 9.17) is 4.42 Å². The molecule has 0 saturated heterocycles. The molecule has 84 valence electrons. The highest BCUT2D eigenvalue weighted by molar-refractivity contribution is 6.00. The lowest BCUT2D eigenvalue weighted by Crippen LogP contribution is -2.18. The SMILES string of the molecule is CCC(O)C(=O)c1cc2cc(F)ccc2o1. The monoisotopic (exact) mass is 222 g/mol. The van der Waals surface area contributed by atoms with Gasteiger partial charge in [-0.2, -0.15) is 0 Å². The summed E-state index contributed by atoms with van der Waals surface area (Å²) < 4.78 is 18.1. The molecule has 0 saturated carbocycles. The number of hydrogen-bond donors (Lipinski definition) is 1. The number of benzene rings is 1. The molecule has 1 heterocycles. The number of halogens is 1. The molecule has 1 atom stereocenters. The fraction of sp³-hybridized carbons (Fsp3) is 0.250. The first-order chi connectivity index (χ1) is 7.61. The Balaban J connectivity index is 2.43. The second-order valence-corrected chi connectivity index (χ2v) is 3.58. The Bertz CT molecular complexity index is 530. The summed E-state index contributed by atoms with van der Waals surface area (Å²) in [6.07, 6.45) is -0.741. The number of aliphatic hydroxyl groups is 1. The van der Waals surface area contributed by atoms with Gasteiger partial charge in [-0.1, -0.05) is 6.92 Å². The molecule has 0 aliphatic carbocycles. The molecule has 1 aromatic heterocycles. The van der Waals surface area contributed by atoms with Crippen molar-refractivity contribution in [1.29, 1.82) is 0 Å². The van der Waals surface area contributed by atoms with Crippen LogP contribution in [0.4, 0.5) is 4.39 Å². The van der Waals surface area contributed by atoms with Crippen LogP contribution < -0.4 is 0 Å². The third kappa shape index (κ3) is 1.84. The first-order valence-corrected chi connectivity index (χ1v) is 5.03. The van der Waals surface area contributed by atoms with E-state index in [1.807, 2.05) is 0 Å². The van der Waals surface area contributed by atoms with Crippen molar-refractivity contribution in [2.45, 2.75) is 19.4 Å². The molecule has 0 amide bonds.